The fourth-order valence-electron chi connectivity index (χ4n) is 7.68. The molecule has 0 saturated heterocycles. The van der Waals surface area contributed by atoms with Gasteiger partial charge in [0.15, 0.2) is 0 Å². The Bertz CT molecular complexity index is 2400. The monoisotopic (exact) mass is 791 g/mol. The molecule has 0 spiro atoms. The molecule has 0 aromatic heterocycles. The highest BCUT2D eigenvalue weighted by molar-refractivity contribution is 5.86. The van der Waals surface area contributed by atoms with Crippen molar-refractivity contribution < 1.29 is 0 Å². The lowest BCUT2D eigenvalue weighted by Gasteiger charge is -2.08. The van der Waals surface area contributed by atoms with Crippen LogP contribution in [0.5, 0.6) is 0 Å². The molecular weight excluding hydrogens is 721 g/mol. The highest BCUT2D eigenvalue weighted by Gasteiger charge is 2.11. The van der Waals surface area contributed by atoms with Crippen molar-refractivity contribution in [1.82, 2.24) is 0 Å². The van der Waals surface area contributed by atoms with Crippen LogP contribution in [0.15, 0.2) is 176 Å². The van der Waals surface area contributed by atoms with Crippen molar-refractivity contribution in [3.8, 4) is 0 Å². The Kier molecular flexibility index (Phi) is 17.3. The standard InChI is InChI=1S/3C13H14.C12H16.C9H12/c1-10(2)12-9-5-7-11-6-3-4-8-13(11)12;2*1-10(2)12-8-7-11-5-3-4-6-13(11)9-12;1-9(2)11-7-6-10-4-3-5-12(10)8-11;1-8(2)9-6-4-3-5-7-9/h3*3-10H,1-2H3;6-9H,3-5H2,1-2H3;3-8H,1-2H3. The first kappa shape index (κ1) is 45.6. The van der Waals surface area contributed by atoms with Crippen molar-refractivity contribution in [1.29, 1.82) is 0 Å². The molecular formula is C60H70. The maximum absolute atomic E-state index is 2.40. The maximum atomic E-state index is 2.40. The van der Waals surface area contributed by atoms with E-state index in [9.17, 15) is 0 Å². The number of hydrogen-bond donors (Lipinski definition) is 0. The van der Waals surface area contributed by atoms with Crippen LogP contribution in [-0.2, 0) is 12.8 Å². The summed E-state index contributed by atoms with van der Waals surface area (Å²) in [5.41, 5.74) is 10.4. The second-order valence-electron chi connectivity index (χ2n) is 17.8. The smallest absolute Gasteiger partial charge is 0.0149 e. The molecule has 1 aliphatic rings. The minimum Gasteiger partial charge on any atom is -0.0622 e. The lowest BCUT2D eigenvalue weighted by molar-refractivity contribution is 0.862. The summed E-state index contributed by atoms with van der Waals surface area (Å²) in [5.74, 6) is 3.17. The lowest BCUT2D eigenvalue weighted by atomic mass is 9.96. The molecule has 8 aromatic carbocycles. The Labute approximate surface area is 363 Å². The van der Waals surface area contributed by atoms with E-state index in [-0.39, 0.29) is 0 Å². The molecule has 310 valence electrons. The molecule has 0 fully saturated rings. The number of fused-ring (bicyclic) bond motifs is 4. The van der Waals surface area contributed by atoms with E-state index in [0.717, 1.165) is 0 Å². The van der Waals surface area contributed by atoms with Crippen LogP contribution in [-0.4, -0.2) is 0 Å². The number of rotatable bonds is 5. The summed E-state index contributed by atoms with van der Waals surface area (Å²) in [6.07, 6.45) is 3.96. The van der Waals surface area contributed by atoms with Gasteiger partial charge in [0.05, 0.1) is 0 Å². The Morgan fingerprint density at radius 3 is 1.20 bits per heavy atom. The van der Waals surface area contributed by atoms with Gasteiger partial charge in [-0.1, -0.05) is 245 Å². The lowest BCUT2D eigenvalue weighted by Crippen LogP contribution is -1.90. The average molecular weight is 791 g/mol. The molecule has 0 aliphatic heterocycles. The van der Waals surface area contributed by atoms with Gasteiger partial charge in [-0.25, -0.2) is 0 Å². The van der Waals surface area contributed by atoms with Crippen molar-refractivity contribution >= 4 is 32.3 Å². The molecule has 0 N–H and O–H groups in total. The van der Waals surface area contributed by atoms with Crippen molar-refractivity contribution in [3.05, 3.63) is 215 Å². The maximum Gasteiger partial charge on any atom is -0.0149 e. The molecule has 0 amide bonds. The number of hydrogen-bond acceptors (Lipinski definition) is 0. The van der Waals surface area contributed by atoms with Crippen molar-refractivity contribution in [2.45, 2.75) is 118 Å². The fraction of sp³-hybridized carbons (Fsp3) is 0.300. The zero-order chi connectivity index (χ0) is 43.0. The predicted molar refractivity (Wildman–Crippen MR) is 267 cm³/mol. The summed E-state index contributed by atoms with van der Waals surface area (Å²) in [4.78, 5) is 0. The quantitative estimate of drug-likeness (QED) is 0.163. The normalized spacial score (nSPS) is 11.7. The van der Waals surface area contributed by atoms with E-state index >= 15 is 0 Å². The highest BCUT2D eigenvalue weighted by atomic mass is 14.2. The van der Waals surface area contributed by atoms with Crippen LogP contribution in [0.25, 0.3) is 32.3 Å². The van der Waals surface area contributed by atoms with Gasteiger partial charge in [0.2, 0.25) is 0 Å². The molecule has 0 saturated carbocycles. The second kappa shape index (κ2) is 22.8. The van der Waals surface area contributed by atoms with Crippen LogP contribution in [0, 0.1) is 0 Å². The van der Waals surface area contributed by atoms with Gasteiger partial charge in [-0.05, 0) is 120 Å². The SMILES string of the molecule is CC(C)c1ccc2c(c1)CCC2.CC(C)c1ccc2ccccc2c1.CC(C)c1ccc2ccccc2c1.CC(C)c1cccc2ccccc12.CC(C)c1ccccc1. The van der Waals surface area contributed by atoms with Gasteiger partial charge in [0.1, 0.15) is 0 Å². The Balaban J connectivity index is 0.000000143. The average Bonchev–Trinajstić information content (AvgIpc) is 3.75. The molecule has 60 heavy (non-hydrogen) atoms. The molecule has 0 unspecified atom stereocenters. The third kappa shape index (κ3) is 13.3. The van der Waals surface area contributed by atoms with Gasteiger partial charge < -0.3 is 0 Å². The minimum atomic E-state index is 0.603. The molecule has 1 aliphatic carbocycles. The van der Waals surface area contributed by atoms with E-state index in [4.69, 9.17) is 0 Å². The molecule has 0 bridgehead atoms. The van der Waals surface area contributed by atoms with E-state index in [0.29, 0.717) is 29.6 Å². The van der Waals surface area contributed by atoms with Gasteiger partial charge in [0.25, 0.3) is 0 Å². The van der Waals surface area contributed by atoms with Gasteiger partial charge in [-0.2, -0.15) is 0 Å². The third-order valence-corrected chi connectivity index (χ3v) is 11.6. The molecule has 0 heterocycles. The van der Waals surface area contributed by atoms with E-state index in [1.54, 1.807) is 11.1 Å². The fourth-order valence-corrected chi connectivity index (χ4v) is 7.68. The summed E-state index contributed by atoms with van der Waals surface area (Å²) in [5, 5.41) is 8.06. The van der Waals surface area contributed by atoms with Crippen LogP contribution >= 0.6 is 0 Å². The molecule has 0 atom stereocenters. The van der Waals surface area contributed by atoms with Crippen molar-refractivity contribution in [2.24, 2.45) is 0 Å². The molecule has 8 aromatic rings. The van der Waals surface area contributed by atoms with E-state index in [1.807, 2.05) is 6.07 Å². The molecule has 0 radical (unpaired) electrons. The number of aryl methyl sites for hydroxylation is 2. The first-order valence-corrected chi connectivity index (χ1v) is 22.5. The second-order valence-corrected chi connectivity index (χ2v) is 17.8. The zero-order valence-electron chi connectivity index (χ0n) is 38.3. The topological polar surface area (TPSA) is 0 Å². The Morgan fingerprint density at radius 1 is 0.283 bits per heavy atom. The summed E-state index contributed by atoms with van der Waals surface area (Å²) in [6, 6.07) is 63.0. The first-order valence-electron chi connectivity index (χ1n) is 22.5. The Morgan fingerprint density at radius 2 is 0.700 bits per heavy atom. The minimum absolute atomic E-state index is 0.603. The molecule has 0 nitrogen and oxygen atoms in total. The van der Waals surface area contributed by atoms with E-state index in [2.05, 4.69) is 239 Å². The first-order chi connectivity index (χ1) is 28.9. The number of benzene rings is 8. The van der Waals surface area contributed by atoms with Gasteiger partial charge in [-0.15, -0.1) is 0 Å². The zero-order valence-corrected chi connectivity index (χ0v) is 38.3. The molecule has 0 heteroatoms. The summed E-state index contributed by atoms with van der Waals surface area (Å²) in [6.45, 7) is 22.3. The third-order valence-electron chi connectivity index (χ3n) is 11.6. The predicted octanol–water partition coefficient (Wildman–Crippen LogP) is 18.0. The van der Waals surface area contributed by atoms with Gasteiger partial charge in [0, 0.05) is 0 Å². The van der Waals surface area contributed by atoms with E-state index < -0.39 is 0 Å². The summed E-state index contributed by atoms with van der Waals surface area (Å²) in [7, 11) is 0. The van der Waals surface area contributed by atoms with Crippen LogP contribution in [0.1, 0.15) is 144 Å². The highest BCUT2D eigenvalue weighted by Crippen LogP contribution is 2.27. The van der Waals surface area contributed by atoms with Gasteiger partial charge >= 0.3 is 0 Å². The summed E-state index contributed by atoms with van der Waals surface area (Å²) < 4.78 is 0. The molecule has 9 rings (SSSR count). The largest absolute Gasteiger partial charge is 0.0622 e. The van der Waals surface area contributed by atoms with Crippen molar-refractivity contribution in [2.75, 3.05) is 0 Å². The van der Waals surface area contributed by atoms with Crippen LogP contribution in [0.3, 0.4) is 0 Å². The van der Waals surface area contributed by atoms with Gasteiger partial charge in [-0.3, -0.25) is 0 Å². The van der Waals surface area contributed by atoms with Crippen LogP contribution in [0.4, 0.5) is 0 Å². The van der Waals surface area contributed by atoms with E-state index in [1.165, 1.54) is 79.4 Å². The van der Waals surface area contributed by atoms with Crippen LogP contribution < -0.4 is 0 Å². The Hall–Kier alpha value is -5.46. The van der Waals surface area contributed by atoms with Crippen LogP contribution in [0.2, 0.25) is 0 Å². The van der Waals surface area contributed by atoms with Crippen molar-refractivity contribution in [3.63, 3.8) is 0 Å². The summed E-state index contributed by atoms with van der Waals surface area (Å²) >= 11 is 0.